The number of nitrogens with one attached hydrogen (secondary N) is 2. The van der Waals surface area contributed by atoms with Crippen molar-refractivity contribution in [1.82, 2.24) is 10.6 Å². The molecule has 1 saturated heterocycles. The van der Waals surface area contributed by atoms with Gasteiger partial charge in [0.05, 0.1) is 6.17 Å². The van der Waals surface area contributed by atoms with Crippen LogP contribution in [0.1, 0.15) is 90.9 Å². The van der Waals surface area contributed by atoms with Crippen LogP contribution in [0.25, 0.3) is 0 Å². The molecule has 0 aromatic carbocycles. The normalized spacial score (nSPS) is 33.0. The molecule has 0 radical (unpaired) electrons. The summed E-state index contributed by atoms with van der Waals surface area (Å²) in [5.74, 6) is 2.72. The largest absolute Gasteiger partial charge is 0.301 e. The summed E-state index contributed by atoms with van der Waals surface area (Å²) in [5, 5.41) is 7.62. The number of rotatable bonds is 9. The van der Waals surface area contributed by atoms with Crippen molar-refractivity contribution < 1.29 is 0 Å². The van der Waals surface area contributed by atoms with E-state index in [9.17, 15) is 0 Å². The van der Waals surface area contributed by atoms with Gasteiger partial charge in [-0.25, -0.2) is 0 Å². The molecule has 0 amide bonds. The smallest absolute Gasteiger partial charge is 0.0600 e. The van der Waals surface area contributed by atoms with E-state index in [2.05, 4.69) is 24.5 Å². The molecule has 2 nitrogen and oxygen atoms in total. The maximum atomic E-state index is 3.81. The van der Waals surface area contributed by atoms with Gasteiger partial charge in [0.25, 0.3) is 0 Å². The van der Waals surface area contributed by atoms with Crippen LogP contribution in [0.2, 0.25) is 0 Å². The van der Waals surface area contributed by atoms with Crippen LogP contribution in [0.15, 0.2) is 0 Å². The highest BCUT2D eigenvalue weighted by atomic mass is 15.2. The third kappa shape index (κ3) is 6.58. The van der Waals surface area contributed by atoms with Crippen LogP contribution in [0, 0.1) is 17.8 Å². The van der Waals surface area contributed by atoms with Gasteiger partial charge in [-0.15, -0.1) is 0 Å². The van der Waals surface area contributed by atoms with Gasteiger partial charge in [0.1, 0.15) is 0 Å². The third-order valence-corrected chi connectivity index (χ3v) is 6.00. The van der Waals surface area contributed by atoms with Gasteiger partial charge in [-0.1, -0.05) is 71.6 Å². The molecule has 0 bridgehead atoms. The second kappa shape index (κ2) is 10.6. The second-order valence-corrected chi connectivity index (χ2v) is 8.09. The monoisotopic (exact) mass is 308 g/mol. The predicted molar refractivity (Wildman–Crippen MR) is 97.0 cm³/mol. The first-order valence-electron chi connectivity index (χ1n) is 10.3. The van der Waals surface area contributed by atoms with Crippen LogP contribution >= 0.6 is 0 Å². The van der Waals surface area contributed by atoms with Gasteiger partial charge in [0, 0.05) is 13.1 Å². The van der Waals surface area contributed by atoms with Gasteiger partial charge in [0.2, 0.25) is 0 Å². The molecular weight excluding hydrogens is 268 g/mol. The summed E-state index contributed by atoms with van der Waals surface area (Å²) in [4.78, 5) is 0. The van der Waals surface area contributed by atoms with Crippen molar-refractivity contribution in [2.45, 2.75) is 97.1 Å². The quantitative estimate of drug-likeness (QED) is 0.580. The van der Waals surface area contributed by atoms with Crippen molar-refractivity contribution >= 4 is 0 Å². The topological polar surface area (TPSA) is 24.1 Å². The van der Waals surface area contributed by atoms with E-state index in [1.807, 2.05) is 0 Å². The molecular formula is C20H40N2. The predicted octanol–water partition coefficient (Wildman–Crippen LogP) is 5.09. The van der Waals surface area contributed by atoms with Gasteiger partial charge < -0.3 is 10.6 Å². The molecule has 2 aliphatic rings. The molecule has 130 valence electrons. The Morgan fingerprint density at radius 2 is 1.36 bits per heavy atom. The Labute approximate surface area is 139 Å². The van der Waals surface area contributed by atoms with E-state index in [4.69, 9.17) is 0 Å². The Morgan fingerprint density at radius 3 is 2.00 bits per heavy atom. The van der Waals surface area contributed by atoms with Crippen LogP contribution in [0.3, 0.4) is 0 Å². The zero-order valence-electron chi connectivity index (χ0n) is 15.2. The molecule has 0 aromatic heterocycles. The Bertz CT molecular complexity index is 263. The maximum absolute atomic E-state index is 3.81. The Balaban J connectivity index is 1.48. The first-order valence-corrected chi connectivity index (χ1v) is 10.3. The first kappa shape index (κ1) is 18.3. The molecule has 0 atom stereocenters. The first-order chi connectivity index (χ1) is 10.8. The van der Waals surface area contributed by atoms with Crippen molar-refractivity contribution in [3.05, 3.63) is 0 Å². The number of hydrogen-bond donors (Lipinski definition) is 2. The lowest BCUT2D eigenvalue weighted by Gasteiger charge is -2.39. The average molecular weight is 309 g/mol. The van der Waals surface area contributed by atoms with E-state index >= 15 is 0 Å². The van der Waals surface area contributed by atoms with Gasteiger partial charge in [-0.3, -0.25) is 0 Å². The molecule has 22 heavy (non-hydrogen) atoms. The lowest BCUT2D eigenvalue weighted by molar-refractivity contribution is 0.166. The van der Waals surface area contributed by atoms with Crippen molar-refractivity contribution in [3.63, 3.8) is 0 Å². The molecule has 0 spiro atoms. The zero-order chi connectivity index (χ0) is 15.6. The maximum Gasteiger partial charge on any atom is 0.0600 e. The fourth-order valence-corrected chi connectivity index (χ4v) is 4.28. The average Bonchev–Trinajstić information content (AvgIpc) is 2.55. The summed E-state index contributed by atoms with van der Waals surface area (Å²) in [6.07, 6.45) is 17.8. The van der Waals surface area contributed by atoms with Gasteiger partial charge in [-0.2, -0.15) is 0 Å². The summed E-state index contributed by atoms with van der Waals surface area (Å²) >= 11 is 0. The van der Waals surface area contributed by atoms with E-state index in [0.717, 1.165) is 17.8 Å². The molecule has 0 unspecified atom stereocenters. The lowest BCUT2D eigenvalue weighted by Crippen LogP contribution is -2.56. The SMILES string of the molecule is CCCCCCCCCC1CNC(C2CCC(C)CC2)NC1. The molecule has 0 aromatic rings. The molecule has 2 heteroatoms. The Hall–Kier alpha value is -0.0800. The summed E-state index contributed by atoms with van der Waals surface area (Å²) < 4.78 is 0. The second-order valence-electron chi connectivity index (χ2n) is 8.09. The molecule has 1 aliphatic heterocycles. The van der Waals surface area contributed by atoms with E-state index in [0.29, 0.717) is 6.17 Å². The van der Waals surface area contributed by atoms with Gasteiger partial charge >= 0.3 is 0 Å². The summed E-state index contributed by atoms with van der Waals surface area (Å²) in [5.41, 5.74) is 0. The molecule has 1 heterocycles. The summed E-state index contributed by atoms with van der Waals surface area (Å²) in [6.45, 7) is 7.21. The van der Waals surface area contributed by atoms with Crippen LogP contribution in [-0.4, -0.2) is 19.3 Å². The standard InChI is InChI=1S/C20H40N2/c1-3-4-5-6-7-8-9-10-18-15-21-20(22-16-18)19-13-11-17(2)12-14-19/h17-22H,3-16H2,1-2H3. The highest BCUT2D eigenvalue weighted by Crippen LogP contribution is 2.30. The van der Waals surface area contributed by atoms with Crippen molar-refractivity contribution in [1.29, 1.82) is 0 Å². The van der Waals surface area contributed by atoms with E-state index in [1.165, 1.54) is 90.1 Å². The van der Waals surface area contributed by atoms with Crippen LogP contribution < -0.4 is 10.6 Å². The van der Waals surface area contributed by atoms with Crippen LogP contribution in [-0.2, 0) is 0 Å². The fraction of sp³-hybridized carbons (Fsp3) is 1.00. The highest BCUT2D eigenvalue weighted by Gasteiger charge is 2.28. The van der Waals surface area contributed by atoms with Gasteiger partial charge in [0.15, 0.2) is 0 Å². The van der Waals surface area contributed by atoms with Crippen molar-refractivity contribution in [2.75, 3.05) is 13.1 Å². The third-order valence-electron chi connectivity index (χ3n) is 6.00. The molecule has 2 N–H and O–H groups in total. The Morgan fingerprint density at radius 1 is 0.773 bits per heavy atom. The molecule has 2 rings (SSSR count). The molecule has 1 saturated carbocycles. The molecule has 2 fully saturated rings. The summed E-state index contributed by atoms with van der Waals surface area (Å²) in [6, 6.07) is 0. The Kier molecular flexibility index (Phi) is 8.84. The van der Waals surface area contributed by atoms with E-state index in [-0.39, 0.29) is 0 Å². The van der Waals surface area contributed by atoms with E-state index in [1.54, 1.807) is 0 Å². The number of hydrogen-bond acceptors (Lipinski definition) is 2. The van der Waals surface area contributed by atoms with E-state index < -0.39 is 0 Å². The van der Waals surface area contributed by atoms with Crippen molar-refractivity contribution in [3.8, 4) is 0 Å². The fourth-order valence-electron chi connectivity index (χ4n) is 4.28. The highest BCUT2D eigenvalue weighted by molar-refractivity contribution is 4.84. The molecule has 1 aliphatic carbocycles. The minimum atomic E-state index is 0.609. The van der Waals surface area contributed by atoms with Crippen molar-refractivity contribution in [2.24, 2.45) is 17.8 Å². The minimum Gasteiger partial charge on any atom is -0.301 e. The minimum absolute atomic E-state index is 0.609. The summed E-state index contributed by atoms with van der Waals surface area (Å²) in [7, 11) is 0. The van der Waals surface area contributed by atoms with Crippen LogP contribution in [0.4, 0.5) is 0 Å². The number of unbranched alkanes of at least 4 members (excludes halogenated alkanes) is 6. The lowest BCUT2D eigenvalue weighted by atomic mass is 9.80. The van der Waals surface area contributed by atoms with Crippen LogP contribution in [0.5, 0.6) is 0 Å². The van der Waals surface area contributed by atoms with Gasteiger partial charge in [-0.05, 0) is 37.0 Å². The zero-order valence-corrected chi connectivity index (χ0v) is 15.2.